The zero-order valence-corrected chi connectivity index (χ0v) is 20.6. The molecule has 172 valence electrons. The third-order valence-electron chi connectivity index (χ3n) is 9.00. The number of hydrogen-bond acceptors (Lipinski definition) is 2. The third kappa shape index (κ3) is 5.41. The van der Waals surface area contributed by atoms with Crippen LogP contribution in [0.5, 0.6) is 0 Å². The van der Waals surface area contributed by atoms with Gasteiger partial charge in [0.25, 0.3) is 0 Å². The van der Waals surface area contributed by atoms with Crippen molar-refractivity contribution in [2.75, 3.05) is 0 Å². The van der Waals surface area contributed by atoms with Gasteiger partial charge in [-0.05, 0) is 80.0 Å². The van der Waals surface area contributed by atoms with Crippen molar-refractivity contribution < 1.29 is 10.2 Å². The third-order valence-corrected chi connectivity index (χ3v) is 9.00. The molecule has 0 spiro atoms. The number of rotatable bonds is 5. The van der Waals surface area contributed by atoms with E-state index in [0.717, 1.165) is 30.6 Å². The standard InChI is InChI=1S/C28H48O2/c1-19(9-7-15-27(3,4)5)23-13-14-24-22(10-8-16-28(23,24)6)12-11-21-17-25(29)20(2)26(30)18-21/h11-12,19-20,23-26,29-30H,7-10,13-18H2,1-6H3/b21-11?,22-12+/t19-,20?,23?,24?,25+,26+,28+/m0/s1. The van der Waals surface area contributed by atoms with E-state index in [4.69, 9.17) is 0 Å². The predicted octanol–water partition coefficient (Wildman–Crippen LogP) is 7.06. The minimum Gasteiger partial charge on any atom is -0.392 e. The summed E-state index contributed by atoms with van der Waals surface area (Å²) in [7, 11) is 0. The van der Waals surface area contributed by atoms with Crippen molar-refractivity contribution >= 4 is 0 Å². The second kappa shape index (κ2) is 9.49. The minimum absolute atomic E-state index is 0.0110. The Labute approximate surface area is 186 Å². The van der Waals surface area contributed by atoms with Crippen LogP contribution in [0.4, 0.5) is 0 Å². The topological polar surface area (TPSA) is 40.5 Å². The van der Waals surface area contributed by atoms with Crippen molar-refractivity contribution in [1.29, 1.82) is 0 Å². The molecule has 30 heavy (non-hydrogen) atoms. The van der Waals surface area contributed by atoms with Crippen molar-refractivity contribution in [3.05, 3.63) is 23.3 Å². The van der Waals surface area contributed by atoms with Crippen LogP contribution in [0.15, 0.2) is 23.3 Å². The van der Waals surface area contributed by atoms with Crippen molar-refractivity contribution in [2.45, 2.75) is 118 Å². The van der Waals surface area contributed by atoms with E-state index in [1.165, 1.54) is 56.9 Å². The molecule has 3 aliphatic carbocycles. The van der Waals surface area contributed by atoms with E-state index < -0.39 is 12.2 Å². The lowest BCUT2D eigenvalue weighted by molar-refractivity contribution is 0.00407. The largest absolute Gasteiger partial charge is 0.392 e. The molecule has 2 unspecified atom stereocenters. The molecular weight excluding hydrogens is 368 g/mol. The highest BCUT2D eigenvalue weighted by Crippen LogP contribution is 2.60. The van der Waals surface area contributed by atoms with E-state index in [0.29, 0.717) is 10.8 Å². The summed E-state index contributed by atoms with van der Waals surface area (Å²) >= 11 is 0. The monoisotopic (exact) mass is 416 g/mol. The molecule has 0 radical (unpaired) electrons. The fraction of sp³-hybridized carbons (Fsp3) is 0.857. The van der Waals surface area contributed by atoms with Gasteiger partial charge < -0.3 is 10.2 Å². The van der Waals surface area contributed by atoms with Crippen LogP contribution in [0.25, 0.3) is 0 Å². The number of aliphatic hydroxyl groups is 2. The molecule has 2 N–H and O–H groups in total. The van der Waals surface area contributed by atoms with Crippen LogP contribution in [0.2, 0.25) is 0 Å². The smallest absolute Gasteiger partial charge is 0.0627 e. The number of hydrogen-bond donors (Lipinski definition) is 2. The van der Waals surface area contributed by atoms with E-state index in [9.17, 15) is 10.2 Å². The highest BCUT2D eigenvalue weighted by atomic mass is 16.3. The van der Waals surface area contributed by atoms with E-state index in [1.54, 1.807) is 5.57 Å². The van der Waals surface area contributed by atoms with Gasteiger partial charge in [0.05, 0.1) is 12.2 Å². The van der Waals surface area contributed by atoms with Gasteiger partial charge in [-0.3, -0.25) is 0 Å². The maximum atomic E-state index is 10.2. The maximum Gasteiger partial charge on any atom is 0.0627 e. The van der Waals surface area contributed by atoms with Gasteiger partial charge in [0.1, 0.15) is 0 Å². The molecule has 0 aromatic carbocycles. The second-order valence-corrected chi connectivity index (χ2v) is 12.5. The Bertz CT molecular complexity index is 626. The SMILES string of the molecule is CC1[C@H](O)CC(=C/C=C2\CCC[C@@]3(C)C2CCC3[C@@H](C)CCCC(C)(C)C)C[C@H]1O. The van der Waals surface area contributed by atoms with Crippen molar-refractivity contribution in [3.63, 3.8) is 0 Å². The summed E-state index contributed by atoms with van der Waals surface area (Å²) in [4.78, 5) is 0. The molecule has 0 aromatic heterocycles. The average Bonchev–Trinajstić information content (AvgIpc) is 3.00. The predicted molar refractivity (Wildman–Crippen MR) is 127 cm³/mol. The molecule has 3 saturated carbocycles. The van der Waals surface area contributed by atoms with Gasteiger partial charge in [-0.1, -0.05) is 77.7 Å². The Balaban J connectivity index is 1.67. The number of allylic oxidation sites excluding steroid dienone is 3. The fourth-order valence-corrected chi connectivity index (χ4v) is 6.98. The molecule has 0 bridgehead atoms. The Morgan fingerprint density at radius 1 is 1.10 bits per heavy atom. The van der Waals surface area contributed by atoms with Crippen LogP contribution in [0.1, 0.15) is 106 Å². The first-order chi connectivity index (χ1) is 14.0. The van der Waals surface area contributed by atoms with Gasteiger partial charge in [0, 0.05) is 5.92 Å². The Morgan fingerprint density at radius 2 is 1.77 bits per heavy atom. The van der Waals surface area contributed by atoms with E-state index in [-0.39, 0.29) is 5.92 Å². The molecule has 0 aromatic rings. The van der Waals surface area contributed by atoms with Crippen LogP contribution >= 0.6 is 0 Å². The fourth-order valence-electron chi connectivity index (χ4n) is 6.98. The van der Waals surface area contributed by atoms with E-state index in [1.807, 2.05) is 6.92 Å². The summed E-state index contributed by atoms with van der Waals surface area (Å²) < 4.78 is 0. The molecule has 0 aliphatic heterocycles. The maximum absolute atomic E-state index is 10.2. The van der Waals surface area contributed by atoms with Gasteiger partial charge in [-0.25, -0.2) is 0 Å². The average molecular weight is 417 g/mol. The quantitative estimate of drug-likeness (QED) is 0.503. The highest BCUT2D eigenvalue weighted by Gasteiger charge is 2.50. The van der Waals surface area contributed by atoms with Crippen LogP contribution in [-0.4, -0.2) is 22.4 Å². The van der Waals surface area contributed by atoms with Crippen molar-refractivity contribution in [3.8, 4) is 0 Å². The molecule has 2 nitrogen and oxygen atoms in total. The zero-order valence-electron chi connectivity index (χ0n) is 20.6. The number of fused-ring (bicyclic) bond motifs is 1. The minimum atomic E-state index is -0.403. The first-order valence-corrected chi connectivity index (χ1v) is 12.8. The van der Waals surface area contributed by atoms with Crippen LogP contribution < -0.4 is 0 Å². The summed E-state index contributed by atoms with van der Waals surface area (Å²) in [6.45, 7) is 14.2. The molecule has 0 saturated heterocycles. The molecule has 0 heterocycles. The van der Waals surface area contributed by atoms with Gasteiger partial charge in [0.15, 0.2) is 0 Å². The molecule has 0 amide bonds. The highest BCUT2D eigenvalue weighted by molar-refractivity contribution is 5.26. The summed E-state index contributed by atoms with van der Waals surface area (Å²) in [6.07, 6.45) is 16.0. The van der Waals surface area contributed by atoms with Gasteiger partial charge >= 0.3 is 0 Å². The lowest BCUT2D eigenvalue weighted by atomic mass is 9.60. The van der Waals surface area contributed by atoms with Crippen molar-refractivity contribution in [1.82, 2.24) is 0 Å². The van der Waals surface area contributed by atoms with Gasteiger partial charge in [0.2, 0.25) is 0 Å². The lowest BCUT2D eigenvalue weighted by Crippen LogP contribution is -2.36. The normalized spacial score (nSPS) is 39.8. The Kier molecular flexibility index (Phi) is 7.61. The summed E-state index contributed by atoms with van der Waals surface area (Å²) in [5.74, 6) is 2.40. The zero-order chi connectivity index (χ0) is 22.1. The molecule has 6 atom stereocenters. The second-order valence-electron chi connectivity index (χ2n) is 12.5. The van der Waals surface area contributed by atoms with Crippen LogP contribution in [-0.2, 0) is 0 Å². The van der Waals surface area contributed by atoms with Crippen molar-refractivity contribution in [2.24, 2.45) is 34.5 Å². The Hall–Kier alpha value is -0.600. The molecule has 3 fully saturated rings. The van der Waals surface area contributed by atoms with Gasteiger partial charge in [-0.2, -0.15) is 0 Å². The van der Waals surface area contributed by atoms with Crippen LogP contribution in [0.3, 0.4) is 0 Å². The summed E-state index contributed by atoms with van der Waals surface area (Å²) in [5, 5.41) is 20.5. The van der Waals surface area contributed by atoms with Gasteiger partial charge in [-0.15, -0.1) is 0 Å². The molecule has 3 aliphatic rings. The van der Waals surface area contributed by atoms with E-state index >= 15 is 0 Å². The Morgan fingerprint density at radius 3 is 2.40 bits per heavy atom. The lowest BCUT2D eigenvalue weighted by Gasteiger charge is -2.44. The first kappa shape index (κ1) is 24.1. The number of aliphatic hydroxyl groups excluding tert-OH is 2. The molecule has 3 rings (SSSR count). The summed E-state index contributed by atoms with van der Waals surface area (Å²) in [5.41, 5.74) is 3.78. The van der Waals surface area contributed by atoms with E-state index in [2.05, 4.69) is 46.8 Å². The molecule has 2 heteroatoms. The summed E-state index contributed by atoms with van der Waals surface area (Å²) in [6, 6.07) is 0. The van der Waals surface area contributed by atoms with Crippen LogP contribution in [0, 0.1) is 34.5 Å². The first-order valence-electron chi connectivity index (χ1n) is 12.8. The molecular formula is C28H48O2.